The molecule has 2 atom stereocenters. The maximum absolute atomic E-state index is 15.2. The molecule has 4 rings (SSSR count). The number of cyclic esters (lactones) is 1. The maximum atomic E-state index is 15.2. The summed E-state index contributed by atoms with van der Waals surface area (Å²) in [7, 11) is 0. The third kappa shape index (κ3) is 9.00. The van der Waals surface area contributed by atoms with Gasteiger partial charge in [-0.2, -0.15) is 0 Å². The van der Waals surface area contributed by atoms with E-state index in [2.05, 4.69) is 5.32 Å². The predicted molar refractivity (Wildman–Crippen MR) is 167 cm³/mol. The first-order chi connectivity index (χ1) is 21.4. The lowest BCUT2D eigenvalue weighted by molar-refractivity contribution is -0.129. The van der Waals surface area contributed by atoms with Crippen LogP contribution < -0.4 is 20.9 Å². The molecular weight excluding hydrogens is 629 g/mol. The van der Waals surface area contributed by atoms with E-state index >= 15 is 4.39 Å². The minimum Gasteiger partial charge on any atom is -0.442 e. The van der Waals surface area contributed by atoms with Gasteiger partial charge in [0.15, 0.2) is 0 Å². The molecule has 1 aromatic heterocycles. The van der Waals surface area contributed by atoms with Gasteiger partial charge >= 0.3 is 6.09 Å². The van der Waals surface area contributed by atoms with Crippen molar-refractivity contribution in [2.75, 3.05) is 49.2 Å². The average Bonchev–Trinajstić information content (AvgIpc) is 3.59. The van der Waals surface area contributed by atoms with Gasteiger partial charge in [-0.3, -0.25) is 29.0 Å². The molecule has 2 fully saturated rings. The van der Waals surface area contributed by atoms with Crippen molar-refractivity contribution in [2.24, 2.45) is 11.7 Å². The van der Waals surface area contributed by atoms with Gasteiger partial charge < -0.3 is 25.4 Å². The molecule has 3 heterocycles. The number of carbonyl (C=O) groups is 5. The molecule has 3 N–H and O–H groups in total. The molecule has 0 unspecified atom stereocenters. The van der Waals surface area contributed by atoms with Crippen LogP contribution in [-0.4, -0.2) is 86.2 Å². The second-order valence-electron chi connectivity index (χ2n) is 11.2. The molecule has 244 valence electrons. The minimum atomic E-state index is -0.928. The molecule has 2 aromatic rings. The van der Waals surface area contributed by atoms with Crippen LogP contribution in [0.25, 0.3) is 0 Å². The van der Waals surface area contributed by atoms with Crippen molar-refractivity contribution >= 4 is 64.0 Å². The number of nitrogens with two attached hydrogens (primary N) is 1. The first-order valence-electron chi connectivity index (χ1n) is 14.7. The molecule has 2 saturated heterocycles. The number of amides is 5. The van der Waals surface area contributed by atoms with Crippen molar-refractivity contribution in [3.8, 4) is 0 Å². The van der Waals surface area contributed by atoms with Crippen molar-refractivity contribution in [2.45, 2.75) is 51.7 Å². The van der Waals surface area contributed by atoms with Crippen molar-refractivity contribution in [1.82, 2.24) is 10.2 Å². The van der Waals surface area contributed by atoms with Gasteiger partial charge in [0.05, 0.1) is 40.6 Å². The number of rotatable bonds is 13. The number of anilines is 2. The first kappa shape index (κ1) is 34.3. The Morgan fingerprint density at radius 1 is 1.18 bits per heavy atom. The summed E-state index contributed by atoms with van der Waals surface area (Å²) in [5, 5.41) is 2.77. The molecule has 45 heavy (non-hydrogen) atoms. The van der Waals surface area contributed by atoms with Crippen LogP contribution in [0.1, 0.15) is 49.2 Å². The zero-order valence-corrected chi connectivity index (χ0v) is 26.7. The van der Waals surface area contributed by atoms with Crippen molar-refractivity contribution in [3.63, 3.8) is 0 Å². The number of unbranched alkanes of at least 4 members (excludes halogenated alkanes) is 1. The predicted octanol–water partition coefficient (Wildman–Crippen LogP) is 3.56. The van der Waals surface area contributed by atoms with E-state index in [0.717, 1.165) is 21.1 Å². The Labute approximate surface area is 269 Å². The van der Waals surface area contributed by atoms with Gasteiger partial charge in [-0.15, -0.1) is 11.3 Å². The Morgan fingerprint density at radius 3 is 2.62 bits per heavy atom. The fourth-order valence-corrected chi connectivity index (χ4v) is 6.04. The lowest BCUT2D eigenvalue weighted by Gasteiger charge is -2.27. The Kier molecular flexibility index (Phi) is 11.9. The van der Waals surface area contributed by atoms with E-state index in [-0.39, 0.29) is 61.0 Å². The number of thiophene rings is 1. The highest BCUT2D eigenvalue weighted by Crippen LogP contribution is 2.30. The highest BCUT2D eigenvalue weighted by molar-refractivity contribution is 7.18. The van der Waals surface area contributed by atoms with Gasteiger partial charge in [0.1, 0.15) is 18.5 Å². The average molecular weight is 666 g/mol. The lowest BCUT2D eigenvalue weighted by atomic mass is 10.0. The number of morpholine rings is 1. The van der Waals surface area contributed by atoms with Gasteiger partial charge in [-0.25, -0.2) is 9.18 Å². The summed E-state index contributed by atoms with van der Waals surface area (Å²) < 4.78 is 26.1. The number of hydrogen-bond donors (Lipinski definition) is 2. The topological polar surface area (TPSA) is 152 Å². The fraction of sp³-hybridized carbons (Fsp3) is 0.500. The SMILES string of the molecule is CC(C)C[C@H](N)C(=O)NCCCCC(=O)N(C[C@H]1CN(c2ccc(N3CCOCC3=O)cc2F)C(=O)O1)C(=O)c1ccc(Cl)s1. The lowest BCUT2D eigenvalue weighted by Crippen LogP contribution is -2.43. The summed E-state index contributed by atoms with van der Waals surface area (Å²) in [5.41, 5.74) is 6.18. The normalized spacial score (nSPS) is 17.4. The van der Waals surface area contributed by atoms with Gasteiger partial charge in [-0.1, -0.05) is 25.4 Å². The molecule has 0 bridgehead atoms. The smallest absolute Gasteiger partial charge is 0.414 e. The summed E-state index contributed by atoms with van der Waals surface area (Å²) in [6.07, 6.45) is -0.338. The third-order valence-electron chi connectivity index (χ3n) is 7.29. The molecule has 2 aliphatic heterocycles. The van der Waals surface area contributed by atoms with Crippen LogP contribution in [0.3, 0.4) is 0 Å². The van der Waals surface area contributed by atoms with Crippen molar-refractivity contribution in [1.29, 1.82) is 0 Å². The number of imide groups is 1. The van der Waals surface area contributed by atoms with Crippen LogP contribution in [0, 0.1) is 11.7 Å². The van der Waals surface area contributed by atoms with Crippen molar-refractivity contribution < 1.29 is 37.8 Å². The molecule has 12 nitrogen and oxygen atoms in total. The van der Waals surface area contributed by atoms with Crippen LogP contribution >= 0.6 is 22.9 Å². The third-order valence-corrected chi connectivity index (χ3v) is 8.51. The standard InChI is InChI=1S/C30H37ClFN5O7S/c1-18(2)13-22(33)28(40)34-10-4-3-5-26(38)37(29(41)24-8-9-25(31)45-24)16-20-15-36(30(42)44-20)23-7-6-19(14-21(23)32)35-11-12-43-17-27(35)39/h6-9,14,18,20,22H,3-5,10-13,15-17,33H2,1-2H3,(H,34,40)/t20-,22+/m1/s1. The van der Waals surface area contributed by atoms with E-state index in [4.69, 9.17) is 26.8 Å². The molecule has 2 aliphatic rings. The Bertz CT molecular complexity index is 1420. The summed E-state index contributed by atoms with van der Waals surface area (Å²) in [6.45, 7) is 4.42. The number of hydrogen-bond acceptors (Lipinski definition) is 9. The van der Waals surface area contributed by atoms with Crippen LogP contribution in [0.2, 0.25) is 4.34 Å². The molecule has 0 radical (unpaired) electrons. The summed E-state index contributed by atoms with van der Waals surface area (Å²) in [5.74, 6) is -2.10. The largest absolute Gasteiger partial charge is 0.442 e. The van der Waals surface area contributed by atoms with Gasteiger partial charge in [0.25, 0.3) is 11.8 Å². The number of carbonyl (C=O) groups excluding carboxylic acids is 5. The van der Waals surface area contributed by atoms with Crippen molar-refractivity contribution in [3.05, 3.63) is 45.4 Å². The van der Waals surface area contributed by atoms with Gasteiger partial charge in [-0.05, 0) is 55.5 Å². The zero-order chi connectivity index (χ0) is 32.7. The fourth-order valence-electron chi connectivity index (χ4n) is 5.04. The molecule has 0 aliphatic carbocycles. The highest BCUT2D eigenvalue weighted by atomic mass is 35.5. The second kappa shape index (κ2) is 15.6. The van der Waals surface area contributed by atoms with Crippen LogP contribution in [0.5, 0.6) is 0 Å². The highest BCUT2D eigenvalue weighted by Gasteiger charge is 2.38. The van der Waals surface area contributed by atoms with Gasteiger partial charge in [0.2, 0.25) is 11.8 Å². The van der Waals surface area contributed by atoms with E-state index in [9.17, 15) is 24.0 Å². The maximum Gasteiger partial charge on any atom is 0.414 e. The number of ether oxygens (including phenoxy) is 2. The monoisotopic (exact) mass is 665 g/mol. The van der Waals surface area contributed by atoms with E-state index in [1.165, 1.54) is 29.2 Å². The first-order valence-corrected chi connectivity index (χ1v) is 15.9. The number of benzene rings is 1. The quantitative estimate of drug-likeness (QED) is 0.308. The van der Waals surface area contributed by atoms with Crippen LogP contribution in [0.4, 0.5) is 20.6 Å². The molecule has 0 saturated carbocycles. The number of nitrogens with zero attached hydrogens (tertiary/aromatic N) is 3. The van der Waals surface area contributed by atoms with Crippen LogP contribution in [-0.2, 0) is 23.9 Å². The summed E-state index contributed by atoms with van der Waals surface area (Å²) in [6, 6.07) is 6.53. The Hall–Kier alpha value is -3.59. The Morgan fingerprint density at radius 2 is 1.96 bits per heavy atom. The number of halogens is 2. The Balaban J connectivity index is 1.38. The molecule has 0 spiro atoms. The van der Waals surface area contributed by atoms with E-state index in [1.54, 1.807) is 6.07 Å². The molecule has 1 aromatic carbocycles. The van der Waals surface area contributed by atoms with E-state index in [1.807, 2.05) is 13.8 Å². The van der Waals surface area contributed by atoms with E-state index in [0.29, 0.717) is 42.4 Å². The zero-order valence-electron chi connectivity index (χ0n) is 25.1. The molecule has 15 heteroatoms. The number of nitrogens with one attached hydrogen (secondary N) is 1. The van der Waals surface area contributed by atoms with Crippen LogP contribution in [0.15, 0.2) is 30.3 Å². The van der Waals surface area contributed by atoms with E-state index < -0.39 is 35.9 Å². The van der Waals surface area contributed by atoms with Gasteiger partial charge in [0, 0.05) is 25.2 Å². The summed E-state index contributed by atoms with van der Waals surface area (Å²) >= 11 is 7.04. The minimum absolute atomic E-state index is 0.000499. The summed E-state index contributed by atoms with van der Waals surface area (Å²) in [4.78, 5) is 67.5. The molecule has 5 amide bonds. The second-order valence-corrected chi connectivity index (χ2v) is 13.0. The molecular formula is C30H37ClFN5O7S.